The Kier molecular flexibility index (Phi) is 4.40. The van der Waals surface area contributed by atoms with E-state index in [2.05, 4.69) is 4.90 Å². The standard InChI is InChI=1S/C14H21NO2/c16-11-13-6-2-1-3-8-15(13)10-12-5-4-7-14(17)9-12/h4-5,7,9,13,16-17H,1-3,6,8,10-11H2. The van der Waals surface area contributed by atoms with Gasteiger partial charge >= 0.3 is 0 Å². The monoisotopic (exact) mass is 235 g/mol. The van der Waals surface area contributed by atoms with Crippen LogP contribution in [0.1, 0.15) is 31.2 Å². The lowest BCUT2D eigenvalue weighted by molar-refractivity contribution is 0.118. The summed E-state index contributed by atoms with van der Waals surface area (Å²) in [5, 5.41) is 18.9. The SMILES string of the molecule is OCC1CCCCCN1Cc1cccc(O)c1. The van der Waals surface area contributed by atoms with E-state index in [1.807, 2.05) is 12.1 Å². The van der Waals surface area contributed by atoms with Crippen molar-refractivity contribution in [2.45, 2.75) is 38.3 Å². The lowest BCUT2D eigenvalue weighted by Crippen LogP contribution is -2.36. The van der Waals surface area contributed by atoms with Crippen LogP contribution >= 0.6 is 0 Å². The van der Waals surface area contributed by atoms with Crippen LogP contribution in [-0.4, -0.2) is 34.3 Å². The van der Waals surface area contributed by atoms with Crippen molar-refractivity contribution >= 4 is 0 Å². The fourth-order valence-electron chi connectivity index (χ4n) is 2.54. The molecule has 1 saturated heterocycles. The Bertz CT molecular complexity index is 354. The number of aromatic hydroxyl groups is 1. The first-order valence-electron chi connectivity index (χ1n) is 6.42. The Labute approximate surface area is 103 Å². The average Bonchev–Trinajstić information content (AvgIpc) is 2.54. The van der Waals surface area contributed by atoms with E-state index in [4.69, 9.17) is 0 Å². The summed E-state index contributed by atoms with van der Waals surface area (Å²) < 4.78 is 0. The molecular weight excluding hydrogens is 214 g/mol. The molecule has 1 heterocycles. The molecule has 1 aliphatic rings. The van der Waals surface area contributed by atoms with Crippen LogP contribution in [0.3, 0.4) is 0 Å². The average molecular weight is 235 g/mol. The van der Waals surface area contributed by atoms with Crippen LogP contribution in [0.5, 0.6) is 5.75 Å². The Balaban J connectivity index is 2.04. The van der Waals surface area contributed by atoms with E-state index < -0.39 is 0 Å². The Hall–Kier alpha value is -1.06. The quantitative estimate of drug-likeness (QED) is 0.843. The van der Waals surface area contributed by atoms with Crippen LogP contribution in [-0.2, 0) is 6.54 Å². The van der Waals surface area contributed by atoms with Gasteiger partial charge in [-0.15, -0.1) is 0 Å². The molecule has 0 radical (unpaired) electrons. The van der Waals surface area contributed by atoms with Gasteiger partial charge in [0, 0.05) is 12.6 Å². The summed E-state index contributed by atoms with van der Waals surface area (Å²) in [7, 11) is 0. The van der Waals surface area contributed by atoms with Gasteiger partial charge in [0.2, 0.25) is 0 Å². The number of phenolic OH excluding ortho intramolecular Hbond substituents is 1. The molecule has 0 aromatic heterocycles. The number of hydrogen-bond acceptors (Lipinski definition) is 3. The minimum atomic E-state index is 0.235. The normalized spacial score (nSPS) is 22.3. The van der Waals surface area contributed by atoms with Crippen molar-refractivity contribution in [3.8, 4) is 5.75 Å². The minimum absolute atomic E-state index is 0.235. The first-order chi connectivity index (χ1) is 8.29. The minimum Gasteiger partial charge on any atom is -0.508 e. The van der Waals surface area contributed by atoms with Crippen molar-refractivity contribution in [1.29, 1.82) is 0 Å². The van der Waals surface area contributed by atoms with E-state index in [0.717, 1.165) is 25.1 Å². The van der Waals surface area contributed by atoms with Gasteiger partial charge in [-0.1, -0.05) is 25.0 Å². The molecule has 1 fully saturated rings. The number of rotatable bonds is 3. The number of benzene rings is 1. The zero-order valence-corrected chi connectivity index (χ0v) is 10.2. The number of aliphatic hydroxyl groups excluding tert-OH is 1. The smallest absolute Gasteiger partial charge is 0.115 e. The predicted molar refractivity (Wildman–Crippen MR) is 67.9 cm³/mol. The zero-order valence-electron chi connectivity index (χ0n) is 10.2. The summed E-state index contributed by atoms with van der Waals surface area (Å²) in [6.45, 7) is 2.10. The van der Waals surface area contributed by atoms with Gasteiger partial charge < -0.3 is 10.2 Å². The molecule has 94 valence electrons. The van der Waals surface area contributed by atoms with Crippen molar-refractivity contribution in [1.82, 2.24) is 4.90 Å². The van der Waals surface area contributed by atoms with Crippen LogP contribution in [0.25, 0.3) is 0 Å². The number of hydrogen-bond donors (Lipinski definition) is 2. The van der Waals surface area contributed by atoms with Gasteiger partial charge in [0.15, 0.2) is 0 Å². The van der Waals surface area contributed by atoms with Crippen LogP contribution < -0.4 is 0 Å². The molecule has 2 rings (SSSR count). The van der Waals surface area contributed by atoms with Crippen molar-refractivity contribution in [2.24, 2.45) is 0 Å². The second-order valence-corrected chi connectivity index (χ2v) is 4.83. The lowest BCUT2D eigenvalue weighted by Gasteiger charge is -2.28. The van der Waals surface area contributed by atoms with E-state index in [1.165, 1.54) is 19.3 Å². The maximum absolute atomic E-state index is 9.45. The highest BCUT2D eigenvalue weighted by atomic mass is 16.3. The topological polar surface area (TPSA) is 43.7 Å². The molecule has 1 unspecified atom stereocenters. The van der Waals surface area contributed by atoms with E-state index in [1.54, 1.807) is 12.1 Å². The Morgan fingerprint density at radius 3 is 2.88 bits per heavy atom. The third kappa shape index (κ3) is 3.45. The Morgan fingerprint density at radius 2 is 2.12 bits per heavy atom. The summed E-state index contributed by atoms with van der Waals surface area (Å²) in [4.78, 5) is 2.34. The van der Waals surface area contributed by atoms with Crippen molar-refractivity contribution in [3.63, 3.8) is 0 Å². The second kappa shape index (κ2) is 6.03. The molecule has 2 N–H and O–H groups in total. The molecule has 3 nitrogen and oxygen atoms in total. The van der Waals surface area contributed by atoms with Crippen molar-refractivity contribution in [2.75, 3.05) is 13.2 Å². The van der Waals surface area contributed by atoms with Gasteiger partial charge in [-0.3, -0.25) is 4.90 Å². The summed E-state index contributed by atoms with van der Waals surface area (Å²) in [5.41, 5.74) is 1.12. The fourth-order valence-corrected chi connectivity index (χ4v) is 2.54. The molecule has 1 atom stereocenters. The van der Waals surface area contributed by atoms with Crippen LogP contribution in [0.2, 0.25) is 0 Å². The molecule has 3 heteroatoms. The largest absolute Gasteiger partial charge is 0.508 e. The molecule has 17 heavy (non-hydrogen) atoms. The van der Waals surface area contributed by atoms with Gasteiger partial charge in [-0.05, 0) is 37.1 Å². The third-order valence-electron chi connectivity index (χ3n) is 3.51. The van der Waals surface area contributed by atoms with Crippen LogP contribution in [0.4, 0.5) is 0 Å². The maximum Gasteiger partial charge on any atom is 0.115 e. The van der Waals surface area contributed by atoms with Crippen molar-refractivity contribution in [3.05, 3.63) is 29.8 Å². The lowest BCUT2D eigenvalue weighted by atomic mass is 10.1. The van der Waals surface area contributed by atoms with Gasteiger partial charge in [0.25, 0.3) is 0 Å². The molecule has 1 aromatic rings. The maximum atomic E-state index is 9.45. The van der Waals surface area contributed by atoms with Crippen LogP contribution in [0.15, 0.2) is 24.3 Å². The highest BCUT2D eigenvalue weighted by molar-refractivity contribution is 5.27. The molecule has 0 amide bonds. The number of phenols is 1. The molecule has 0 bridgehead atoms. The molecule has 1 aromatic carbocycles. The van der Waals surface area contributed by atoms with Crippen molar-refractivity contribution < 1.29 is 10.2 Å². The van der Waals surface area contributed by atoms with E-state index in [9.17, 15) is 10.2 Å². The van der Waals surface area contributed by atoms with Gasteiger partial charge in [0.1, 0.15) is 5.75 Å². The summed E-state index contributed by atoms with van der Waals surface area (Å²) in [6, 6.07) is 7.67. The highest BCUT2D eigenvalue weighted by Crippen LogP contribution is 2.20. The third-order valence-corrected chi connectivity index (χ3v) is 3.51. The highest BCUT2D eigenvalue weighted by Gasteiger charge is 2.20. The molecular formula is C14H21NO2. The summed E-state index contributed by atoms with van der Waals surface area (Å²) in [5.74, 6) is 0.317. The molecule has 0 aliphatic carbocycles. The predicted octanol–water partition coefficient (Wildman–Crippen LogP) is 2.13. The van der Waals surface area contributed by atoms with Crippen LogP contribution in [0, 0.1) is 0 Å². The van der Waals surface area contributed by atoms with Gasteiger partial charge in [-0.2, -0.15) is 0 Å². The van der Waals surface area contributed by atoms with Gasteiger partial charge in [0.05, 0.1) is 6.61 Å². The molecule has 0 saturated carbocycles. The zero-order chi connectivity index (χ0) is 12.1. The number of likely N-dealkylation sites (tertiary alicyclic amines) is 1. The number of aliphatic hydroxyl groups is 1. The Morgan fingerprint density at radius 1 is 1.24 bits per heavy atom. The first-order valence-corrected chi connectivity index (χ1v) is 6.42. The first kappa shape index (κ1) is 12.4. The van der Waals surface area contributed by atoms with Gasteiger partial charge in [-0.25, -0.2) is 0 Å². The molecule has 1 aliphatic heterocycles. The summed E-state index contributed by atoms with van der Waals surface area (Å²) in [6.07, 6.45) is 4.75. The van der Waals surface area contributed by atoms with E-state index >= 15 is 0 Å². The fraction of sp³-hybridized carbons (Fsp3) is 0.571. The molecule has 0 spiro atoms. The second-order valence-electron chi connectivity index (χ2n) is 4.83. The van der Waals surface area contributed by atoms with E-state index in [0.29, 0.717) is 5.75 Å². The van der Waals surface area contributed by atoms with E-state index in [-0.39, 0.29) is 12.6 Å². The summed E-state index contributed by atoms with van der Waals surface area (Å²) >= 11 is 0. The number of nitrogens with zero attached hydrogens (tertiary/aromatic N) is 1.